The van der Waals surface area contributed by atoms with Gasteiger partial charge in [0.05, 0.1) is 19.8 Å². The Morgan fingerprint density at radius 3 is 1.19 bits per heavy atom. The van der Waals surface area contributed by atoms with Crippen molar-refractivity contribution in [2.75, 3.05) is 39.5 Å². The SMILES string of the molecule is CCCCCCCCC(CCCCCCCC)COP(=O)(O)O.CCCCCCCCCCCCN(CCO)CCO. The van der Waals surface area contributed by atoms with Gasteiger partial charge in [-0.3, -0.25) is 9.42 Å². The molecule has 0 heterocycles. The Morgan fingerprint density at radius 1 is 0.524 bits per heavy atom. The van der Waals surface area contributed by atoms with Gasteiger partial charge >= 0.3 is 7.82 Å². The average Bonchev–Trinajstić information content (AvgIpc) is 2.96. The molecule has 0 spiro atoms. The Balaban J connectivity index is 0. The molecule has 0 aromatic carbocycles. The lowest BCUT2D eigenvalue weighted by molar-refractivity contribution is 0.157. The van der Waals surface area contributed by atoms with Crippen LogP contribution in [-0.4, -0.2) is 64.4 Å². The third kappa shape index (κ3) is 38.0. The van der Waals surface area contributed by atoms with Crippen LogP contribution in [0.15, 0.2) is 0 Å². The highest BCUT2D eigenvalue weighted by Crippen LogP contribution is 2.37. The summed E-state index contributed by atoms with van der Waals surface area (Å²) in [5, 5.41) is 17.8. The van der Waals surface area contributed by atoms with E-state index in [0.717, 1.165) is 32.2 Å². The summed E-state index contributed by atoms with van der Waals surface area (Å²) in [6.45, 7) is 9.68. The largest absolute Gasteiger partial charge is 0.469 e. The molecule has 256 valence electrons. The molecule has 0 aliphatic rings. The number of aliphatic hydroxyl groups is 2. The lowest BCUT2D eigenvalue weighted by Gasteiger charge is -2.19. The van der Waals surface area contributed by atoms with Gasteiger partial charge < -0.3 is 20.0 Å². The van der Waals surface area contributed by atoms with E-state index in [4.69, 9.17) is 24.5 Å². The second-order valence-corrected chi connectivity index (χ2v) is 13.5. The van der Waals surface area contributed by atoms with E-state index in [9.17, 15) is 4.57 Å². The van der Waals surface area contributed by atoms with E-state index in [0.29, 0.717) is 19.0 Å². The van der Waals surface area contributed by atoms with Gasteiger partial charge in [-0.1, -0.05) is 156 Å². The van der Waals surface area contributed by atoms with Crippen molar-refractivity contribution in [2.45, 2.75) is 175 Å². The zero-order chi connectivity index (χ0) is 31.6. The first-order valence-corrected chi connectivity index (χ1v) is 19.5. The van der Waals surface area contributed by atoms with E-state index in [2.05, 4.69) is 25.7 Å². The second-order valence-electron chi connectivity index (χ2n) is 12.2. The van der Waals surface area contributed by atoms with Gasteiger partial charge in [0.25, 0.3) is 0 Å². The van der Waals surface area contributed by atoms with E-state index < -0.39 is 7.82 Å². The molecule has 0 bridgehead atoms. The maximum Gasteiger partial charge on any atom is 0.469 e. The van der Waals surface area contributed by atoms with Crippen LogP contribution in [0.25, 0.3) is 0 Å². The standard InChI is InChI=1S/C18H39O4P.C16H35NO2/c1-3-5-7-9-11-13-15-18(17-22-23(19,20)21)16-14-12-10-8-6-4-2;1-2-3-4-5-6-7-8-9-10-11-12-17(13-15-18)14-16-19/h18H,3-17H2,1-2H3,(H2,19,20,21);18-19H,2-16H2,1H3. The van der Waals surface area contributed by atoms with Crippen LogP contribution in [0.3, 0.4) is 0 Å². The molecule has 0 atom stereocenters. The minimum absolute atomic E-state index is 0.192. The van der Waals surface area contributed by atoms with Gasteiger partial charge in [0.2, 0.25) is 0 Å². The second kappa shape index (κ2) is 35.5. The molecule has 8 heteroatoms. The van der Waals surface area contributed by atoms with Gasteiger partial charge in [0.15, 0.2) is 0 Å². The molecule has 42 heavy (non-hydrogen) atoms. The van der Waals surface area contributed by atoms with E-state index in [1.807, 2.05) is 0 Å². The van der Waals surface area contributed by atoms with Gasteiger partial charge in [0.1, 0.15) is 0 Å². The third-order valence-electron chi connectivity index (χ3n) is 8.07. The monoisotopic (exact) mass is 624 g/mol. The van der Waals surface area contributed by atoms with Crippen molar-refractivity contribution in [3.63, 3.8) is 0 Å². The molecule has 4 N–H and O–H groups in total. The maximum atomic E-state index is 10.9. The Morgan fingerprint density at radius 2 is 0.857 bits per heavy atom. The Bertz CT molecular complexity index is 526. The predicted octanol–water partition coefficient (Wildman–Crippen LogP) is 9.41. The van der Waals surface area contributed by atoms with Crippen LogP contribution in [0.2, 0.25) is 0 Å². The summed E-state index contributed by atoms with van der Waals surface area (Å²) in [6.07, 6.45) is 30.6. The van der Waals surface area contributed by atoms with Crippen molar-refractivity contribution in [2.24, 2.45) is 5.92 Å². The summed E-state index contributed by atoms with van der Waals surface area (Å²) in [6, 6.07) is 0. The van der Waals surface area contributed by atoms with Gasteiger partial charge in [-0.05, 0) is 31.7 Å². The van der Waals surface area contributed by atoms with Crippen molar-refractivity contribution in [1.29, 1.82) is 0 Å². The van der Waals surface area contributed by atoms with Crippen LogP contribution in [0.1, 0.15) is 175 Å². The summed E-state index contributed by atoms with van der Waals surface area (Å²) >= 11 is 0. The van der Waals surface area contributed by atoms with E-state index in [1.165, 1.54) is 128 Å². The van der Waals surface area contributed by atoms with Crippen molar-refractivity contribution >= 4 is 7.82 Å². The number of phosphoric ester groups is 1. The van der Waals surface area contributed by atoms with E-state index in [-0.39, 0.29) is 19.8 Å². The van der Waals surface area contributed by atoms with Crippen LogP contribution < -0.4 is 0 Å². The lowest BCUT2D eigenvalue weighted by Crippen LogP contribution is -2.30. The Kier molecular flexibility index (Phi) is 37.3. The highest BCUT2D eigenvalue weighted by Gasteiger charge is 2.18. The minimum atomic E-state index is -4.33. The highest BCUT2D eigenvalue weighted by molar-refractivity contribution is 7.46. The summed E-state index contributed by atoms with van der Waals surface area (Å²) < 4.78 is 15.7. The third-order valence-corrected chi connectivity index (χ3v) is 8.56. The van der Waals surface area contributed by atoms with Gasteiger partial charge in [0, 0.05) is 13.1 Å². The molecule has 7 nitrogen and oxygen atoms in total. The number of nitrogens with zero attached hydrogens (tertiary/aromatic N) is 1. The Hall–Kier alpha value is -0.0100. The van der Waals surface area contributed by atoms with Crippen molar-refractivity contribution in [3.8, 4) is 0 Å². The normalized spacial score (nSPS) is 11.8. The fourth-order valence-corrected chi connectivity index (χ4v) is 5.79. The molecular weight excluding hydrogens is 549 g/mol. The molecule has 0 aromatic heterocycles. The molecule has 0 saturated heterocycles. The molecule has 0 aliphatic heterocycles. The summed E-state index contributed by atoms with van der Waals surface area (Å²) in [4.78, 5) is 19.9. The van der Waals surface area contributed by atoms with E-state index >= 15 is 0 Å². The molecule has 0 rings (SSSR count). The van der Waals surface area contributed by atoms with Crippen LogP contribution >= 0.6 is 7.82 Å². The zero-order valence-corrected chi connectivity index (χ0v) is 29.2. The smallest absolute Gasteiger partial charge is 0.395 e. The fraction of sp³-hybridized carbons (Fsp3) is 1.00. The molecule has 0 fully saturated rings. The topological polar surface area (TPSA) is 110 Å². The Labute approximate surface area is 261 Å². The lowest BCUT2D eigenvalue weighted by atomic mass is 9.95. The molecular formula is C34H74NO6P. The molecule has 0 unspecified atom stereocenters. The first-order valence-electron chi connectivity index (χ1n) is 18.0. The summed E-state index contributed by atoms with van der Waals surface area (Å²) in [7, 11) is -4.33. The first-order chi connectivity index (χ1) is 20.3. The first kappa shape index (κ1) is 44.1. The number of rotatable bonds is 32. The maximum absolute atomic E-state index is 10.9. The summed E-state index contributed by atoms with van der Waals surface area (Å²) in [5.41, 5.74) is 0. The number of hydrogen-bond acceptors (Lipinski definition) is 5. The number of phosphoric acid groups is 1. The minimum Gasteiger partial charge on any atom is -0.395 e. The van der Waals surface area contributed by atoms with Crippen LogP contribution in [0, 0.1) is 5.92 Å². The zero-order valence-electron chi connectivity index (χ0n) is 28.3. The average molecular weight is 624 g/mol. The van der Waals surface area contributed by atoms with Gasteiger partial charge in [-0.2, -0.15) is 0 Å². The molecule has 0 saturated carbocycles. The molecule has 0 radical (unpaired) electrons. The van der Waals surface area contributed by atoms with Gasteiger partial charge in [-0.15, -0.1) is 0 Å². The van der Waals surface area contributed by atoms with Crippen LogP contribution in [-0.2, 0) is 9.09 Å². The van der Waals surface area contributed by atoms with Crippen LogP contribution in [0.5, 0.6) is 0 Å². The quantitative estimate of drug-likeness (QED) is 0.0436. The van der Waals surface area contributed by atoms with E-state index in [1.54, 1.807) is 0 Å². The molecule has 0 aromatic rings. The van der Waals surface area contributed by atoms with Gasteiger partial charge in [-0.25, -0.2) is 4.57 Å². The summed E-state index contributed by atoms with van der Waals surface area (Å²) in [5.74, 6) is 0.292. The molecule has 0 amide bonds. The number of aliphatic hydroxyl groups excluding tert-OH is 2. The van der Waals surface area contributed by atoms with Crippen molar-refractivity contribution in [3.05, 3.63) is 0 Å². The van der Waals surface area contributed by atoms with Crippen LogP contribution in [0.4, 0.5) is 0 Å². The fourth-order valence-electron chi connectivity index (χ4n) is 5.38. The number of unbranched alkanes of at least 4 members (excludes halogenated alkanes) is 19. The van der Waals surface area contributed by atoms with Crippen molar-refractivity contribution in [1.82, 2.24) is 4.90 Å². The molecule has 0 aliphatic carbocycles. The number of hydrogen-bond donors (Lipinski definition) is 4. The predicted molar refractivity (Wildman–Crippen MR) is 180 cm³/mol. The highest BCUT2D eigenvalue weighted by atomic mass is 31.2. The van der Waals surface area contributed by atoms with Crippen molar-refractivity contribution < 1.29 is 29.1 Å².